The first-order valence-electron chi connectivity index (χ1n) is 12.6. The van der Waals surface area contributed by atoms with Crippen molar-refractivity contribution < 1.29 is 41.0 Å². The number of hydrogen-bond donors (Lipinski definition) is 1. The van der Waals surface area contributed by atoms with E-state index in [1.807, 2.05) is 0 Å². The number of pyridine rings is 2. The van der Waals surface area contributed by atoms with Gasteiger partial charge in [0.1, 0.15) is 16.4 Å². The Hall–Kier alpha value is -3.67. The van der Waals surface area contributed by atoms with Gasteiger partial charge in [-0.15, -0.1) is 0 Å². The van der Waals surface area contributed by atoms with Gasteiger partial charge in [-0.05, 0) is 72.2 Å². The number of aliphatic carboxylic acids is 1. The number of ether oxygens (including phenoxy) is 2. The summed E-state index contributed by atoms with van der Waals surface area (Å²) in [5.41, 5.74) is 2.57. The van der Waals surface area contributed by atoms with Crippen LogP contribution in [-0.4, -0.2) is 48.1 Å². The van der Waals surface area contributed by atoms with Gasteiger partial charge in [0, 0.05) is 41.8 Å². The molecule has 0 amide bonds. The van der Waals surface area contributed by atoms with Gasteiger partial charge in [0.25, 0.3) is 0 Å². The number of aryl methyl sites for hydroxylation is 1. The van der Waals surface area contributed by atoms with Gasteiger partial charge < -0.3 is 14.6 Å². The molecule has 0 spiro atoms. The average Bonchev–Trinajstić information content (AvgIpc) is 3.46. The van der Waals surface area contributed by atoms with Gasteiger partial charge in [-0.25, -0.2) is 18.4 Å². The summed E-state index contributed by atoms with van der Waals surface area (Å²) >= 11 is 0. The molecule has 3 atom stereocenters. The summed E-state index contributed by atoms with van der Waals surface area (Å²) in [5, 5.41) is 9.28. The number of carboxylic acid groups (broad SMARTS) is 1. The SMILES string of the molecule is Cc1nc(OCCCS(C)(=O)=O)ccc1-c1cc(COc2cc3c(cn2)[C@H]2[C@@H](C3)[C@@H]2C(=O)O)cc(C(F)(F)F)c1. The smallest absolute Gasteiger partial charge is 0.416 e. The summed E-state index contributed by atoms with van der Waals surface area (Å²) in [4.78, 5) is 19.9. The lowest BCUT2D eigenvalue weighted by molar-refractivity contribution is -0.139. The van der Waals surface area contributed by atoms with Gasteiger partial charge in [-0.1, -0.05) is 0 Å². The van der Waals surface area contributed by atoms with Gasteiger partial charge in [0.15, 0.2) is 0 Å². The van der Waals surface area contributed by atoms with Crippen molar-refractivity contribution >= 4 is 15.8 Å². The normalized spacial score (nSPS) is 19.6. The highest BCUT2D eigenvalue weighted by molar-refractivity contribution is 7.90. The van der Waals surface area contributed by atoms with Crippen LogP contribution in [0.4, 0.5) is 13.2 Å². The number of fused-ring (bicyclic) bond motifs is 3. The van der Waals surface area contributed by atoms with Crippen LogP contribution in [0.2, 0.25) is 0 Å². The number of benzene rings is 1. The van der Waals surface area contributed by atoms with Crippen molar-refractivity contribution in [1.82, 2.24) is 9.97 Å². The number of carboxylic acids is 1. The van der Waals surface area contributed by atoms with E-state index in [1.165, 1.54) is 6.07 Å². The van der Waals surface area contributed by atoms with Crippen molar-refractivity contribution in [2.45, 2.75) is 38.5 Å². The lowest BCUT2D eigenvalue weighted by atomic mass is 9.98. The topological polar surface area (TPSA) is 116 Å². The molecule has 1 saturated carbocycles. The Morgan fingerprint density at radius 3 is 2.58 bits per heavy atom. The molecule has 0 aliphatic heterocycles. The molecule has 8 nitrogen and oxygen atoms in total. The van der Waals surface area contributed by atoms with E-state index < -0.39 is 27.5 Å². The second-order valence-electron chi connectivity index (χ2n) is 10.3. The first-order valence-corrected chi connectivity index (χ1v) is 14.7. The van der Waals surface area contributed by atoms with E-state index in [2.05, 4.69) is 9.97 Å². The summed E-state index contributed by atoms with van der Waals surface area (Å²) < 4.78 is 75.0. The lowest BCUT2D eigenvalue weighted by Gasteiger charge is -2.15. The highest BCUT2D eigenvalue weighted by atomic mass is 32.2. The Bertz CT molecular complexity index is 1570. The summed E-state index contributed by atoms with van der Waals surface area (Å²) in [6.45, 7) is 1.65. The van der Waals surface area contributed by atoms with E-state index in [4.69, 9.17) is 9.47 Å². The molecule has 3 aromatic rings. The van der Waals surface area contributed by atoms with Gasteiger partial charge in [-0.2, -0.15) is 13.2 Å². The number of nitrogens with zero attached hydrogens (tertiary/aromatic N) is 2. The van der Waals surface area contributed by atoms with Crippen molar-refractivity contribution in [3.8, 4) is 22.9 Å². The molecule has 1 N–H and O–H groups in total. The molecule has 0 unspecified atom stereocenters. The fourth-order valence-corrected chi connectivity index (χ4v) is 6.00. The van der Waals surface area contributed by atoms with Crippen LogP contribution in [0.3, 0.4) is 0 Å². The maximum atomic E-state index is 13.8. The molecule has 0 bridgehead atoms. The Kier molecular flexibility index (Phi) is 7.24. The lowest BCUT2D eigenvalue weighted by Crippen LogP contribution is -2.09. The third-order valence-electron chi connectivity index (χ3n) is 7.26. The number of halogens is 3. The Morgan fingerprint density at radius 2 is 1.90 bits per heavy atom. The molecule has 2 aliphatic rings. The van der Waals surface area contributed by atoms with Gasteiger partial charge in [-0.3, -0.25) is 4.79 Å². The highest BCUT2D eigenvalue weighted by Gasteiger charge is 2.59. The molecule has 2 heterocycles. The Morgan fingerprint density at radius 1 is 1.12 bits per heavy atom. The molecule has 12 heteroatoms. The van der Waals surface area contributed by atoms with Crippen LogP contribution in [0, 0.1) is 18.8 Å². The second kappa shape index (κ2) is 10.4. The average molecular weight is 577 g/mol. The molecule has 2 aliphatic carbocycles. The van der Waals surface area contributed by atoms with Crippen LogP contribution < -0.4 is 9.47 Å². The first kappa shape index (κ1) is 27.9. The van der Waals surface area contributed by atoms with E-state index in [9.17, 15) is 31.5 Å². The largest absolute Gasteiger partial charge is 0.481 e. The Balaban J connectivity index is 1.31. The van der Waals surface area contributed by atoms with Crippen LogP contribution in [-0.2, 0) is 33.8 Å². The minimum absolute atomic E-state index is 0.0215. The summed E-state index contributed by atoms with van der Waals surface area (Å²) in [5.74, 6) is -0.646. The summed E-state index contributed by atoms with van der Waals surface area (Å²) in [7, 11) is -3.11. The zero-order valence-corrected chi connectivity index (χ0v) is 22.6. The monoisotopic (exact) mass is 576 g/mol. The number of alkyl halides is 3. The van der Waals surface area contributed by atoms with Gasteiger partial charge >= 0.3 is 12.1 Å². The van der Waals surface area contributed by atoms with Crippen LogP contribution >= 0.6 is 0 Å². The van der Waals surface area contributed by atoms with Crippen molar-refractivity contribution in [1.29, 1.82) is 0 Å². The minimum atomic E-state index is -4.58. The van der Waals surface area contributed by atoms with Gasteiger partial charge in [0.2, 0.25) is 11.8 Å². The van der Waals surface area contributed by atoms with Crippen LogP contribution in [0.25, 0.3) is 11.1 Å². The van der Waals surface area contributed by atoms with Gasteiger partial charge in [0.05, 0.1) is 23.8 Å². The van der Waals surface area contributed by atoms with E-state index in [-0.39, 0.29) is 48.5 Å². The molecule has 212 valence electrons. The zero-order valence-electron chi connectivity index (χ0n) is 21.7. The third-order valence-corrected chi connectivity index (χ3v) is 8.29. The standard InChI is InChI=1S/C28H27F3N2O6S/c1-15-20(4-5-23(33-15)38-6-3-7-40(2,36)37)17-8-16(9-19(10-17)28(29,30)31)14-39-24-12-18-11-21-25(22(18)13-32-24)26(21)27(34)35/h4-5,8-10,12-13,21,25-26H,3,6-7,11,14H2,1-2H3,(H,34,35)/t21-,25-,26+/m1/s1. The molecule has 5 rings (SSSR count). The first-order chi connectivity index (χ1) is 18.8. The number of sulfone groups is 1. The quantitative estimate of drug-likeness (QED) is 0.341. The molecule has 0 saturated heterocycles. The maximum Gasteiger partial charge on any atom is 0.416 e. The van der Waals surface area contributed by atoms with Crippen LogP contribution in [0.1, 0.15) is 40.3 Å². The number of aromatic nitrogens is 2. The molecule has 2 aromatic heterocycles. The number of rotatable bonds is 10. The minimum Gasteiger partial charge on any atom is -0.481 e. The van der Waals surface area contributed by atoms with Crippen molar-refractivity contribution in [3.63, 3.8) is 0 Å². The predicted octanol–water partition coefficient (Wildman–Crippen LogP) is 4.83. The van der Waals surface area contributed by atoms with Crippen molar-refractivity contribution in [2.75, 3.05) is 18.6 Å². The molecule has 0 radical (unpaired) electrons. The van der Waals surface area contributed by atoms with E-state index in [0.29, 0.717) is 35.2 Å². The van der Waals surface area contributed by atoms with E-state index in [1.54, 1.807) is 31.3 Å². The molecule has 1 aromatic carbocycles. The summed E-state index contributed by atoms with van der Waals surface area (Å²) in [6, 6.07) is 8.58. The maximum absolute atomic E-state index is 13.8. The fourth-order valence-electron chi connectivity index (χ4n) is 5.36. The number of carbonyl (C=O) groups is 1. The molecule has 1 fully saturated rings. The van der Waals surface area contributed by atoms with E-state index >= 15 is 0 Å². The second-order valence-corrected chi connectivity index (χ2v) is 12.6. The molecule has 40 heavy (non-hydrogen) atoms. The van der Waals surface area contributed by atoms with Crippen molar-refractivity contribution in [2.24, 2.45) is 11.8 Å². The van der Waals surface area contributed by atoms with Crippen LogP contribution in [0.5, 0.6) is 11.8 Å². The fraction of sp³-hybridized carbons (Fsp3) is 0.393. The third kappa shape index (κ3) is 6.06. The number of hydrogen-bond acceptors (Lipinski definition) is 7. The van der Waals surface area contributed by atoms with Crippen LogP contribution in [0.15, 0.2) is 42.6 Å². The molecular formula is C28H27F3N2O6S. The zero-order chi connectivity index (χ0) is 28.8. The summed E-state index contributed by atoms with van der Waals surface area (Å²) in [6.07, 6.45) is -0.923. The predicted molar refractivity (Wildman–Crippen MR) is 139 cm³/mol. The highest BCUT2D eigenvalue weighted by Crippen LogP contribution is 2.61. The van der Waals surface area contributed by atoms with Crippen molar-refractivity contribution in [3.05, 3.63) is 70.5 Å². The molecular weight excluding hydrogens is 549 g/mol. The van der Waals surface area contributed by atoms with E-state index in [0.717, 1.165) is 29.5 Å². The Labute approximate surface area is 229 Å².